The van der Waals surface area contributed by atoms with Crippen molar-refractivity contribution in [3.05, 3.63) is 69.0 Å². The Morgan fingerprint density at radius 1 is 1.31 bits per heavy atom. The number of benzene rings is 2. The molecule has 3 rings (SSSR count). The smallest absolute Gasteiger partial charge is 0.264 e. The molecule has 0 aromatic heterocycles. The summed E-state index contributed by atoms with van der Waals surface area (Å²) >= 11 is 10.9. The maximum Gasteiger partial charge on any atom is 0.264 e. The molecule has 0 bridgehead atoms. The van der Waals surface area contributed by atoms with Gasteiger partial charge in [-0.05, 0) is 70.5 Å². The fraction of sp³-hybridized carbons (Fsp3) is 0.143. The van der Waals surface area contributed by atoms with Crippen LogP contribution in [0.3, 0.4) is 0 Å². The van der Waals surface area contributed by atoms with Crippen LogP contribution in [-0.4, -0.2) is 24.3 Å². The standard InChI is InChI=1S/C21H18BrClN2O3S/c1-3-9-28-19-14(22)10-13(11-17(19)27-4-2)12-18-20(26)25-21(29-18)24-16-8-6-5-7-15(16)23/h3,5-8,10-12H,1,4,9H2,2H3,(H,24,25,26). The fourth-order valence-electron chi connectivity index (χ4n) is 2.50. The van der Waals surface area contributed by atoms with Crippen LogP contribution in [0.2, 0.25) is 5.02 Å². The zero-order valence-corrected chi connectivity index (χ0v) is 18.7. The van der Waals surface area contributed by atoms with Gasteiger partial charge in [-0.2, -0.15) is 0 Å². The average Bonchev–Trinajstić information content (AvgIpc) is 3.02. The molecule has 1 aliphatic heterocycles. The van der Waals surface area contributed by atoms with Crippen molar-refractivity contribution in [2.45, 2.75) is 6.92 Å². The molecule has 0 saturated carbocycles. The van der Waals surface area contributed by atoms with Crippen molar-refractivity contribution in [3.8, 4) is 11.5 Å². The van der Waals surface area contributed by atoms with Crippen LogP contribution in [0.4, 0.5) is 5.69 Å². The summed E-state index contributed by atoms with van der Waals surface area (Å²) in [5.41, 5.74) is 1.39. The number of hydrogen-bond donors (Lipinski definition) is 1. The molecular weight excluding hydrogens is 476 g/mol. The third-order valence-electron chi connectivity index (χ3n) is 3.70. The minimum atomic E-state index is -0.220. The van der Waals surface area contributed by atoms with E-state index in [4.69, 9.17) is 21.1 Å². The Kier molecular flexibility index (Phi) is 7.41. The lowest BCUT2D eigenvalue weighted by molar-refractivity contribution is -0.115. The molecule has 29 heavy (non-hydrogen) atoms. The summed E-state index contributed by atoms with van der Waals surface area (Å²) < 4.78 is 12.1. The van der Waals surface area contributed by atoms with Crippen molar-refractivity contribution in [2.75, 3.05) is 13.2 Å². The maximum absolute atomic E-state index is 12.4. The number of amides is 1. The molecule has 2 aromatic rings. The van der Waals surface area contributed by atoms with Crippen molar-refractivity contribution in [2.24, 2.45) is 4.99 Å². The van der Waals surface area contributed by atoms with Gasteiger partial charge in [-0.25, -0.2) is 4.99 Å². The molecule has 0 radical (unpaired) electrons. The summed E-state index contributed by atoms with van der Waals surface area (Å²) in [6.07, 6.45) is 3.44. The van der Waals surface area contributed by atoms with E-state index in [1.165, 1.54) is 11.8 Å². The van der Waals surface area contributed by atoms with Gasteiger partial charge in [0.15, 0.2) is 16.7 Å². The van der Waals surface area contributed by atoms with Crippen LogP contribution >= 0.6 is 39.3 Å². The predicted molar refractivity (Wildman–Crippen MR) is 123 cm³/mol. The van der Waals surface area contributed by atoms with Gasteiger partial charge in [-0.3, -0.25) is 4.79 Å². The second-order valence-corrected chi connectivity index (χ2v) is 8.09. The molecule has 0 spiro atoms. The number of nitrogens with one attached hydrogen (secondary N) is 1. The first-order valence-electron chi connectivity index (χ1n) is 8.76. The topological polar surface area (TPSA) is 59.9 Å². The number of amidine groups is 1. The number of halogens is 2. The molecular formula is C21H18BrClN2O3S. The monoisotopic (exact) mass is 492 g/mol. The Morgan fingerprint density at radius 3 is 2.83 bits per heavy atom. The van der Waals surface area contributed by atoms with E-state index in [1.807, 2.05) is 31.2 Å². The lowest BCUT2D eigenvalue weighted by atomic mass is 10.2. The molecule has 150 valence electrons. The number of ether oxygens (including phenoxy) is 2. The Hall–Kier alpha value is -2.22. The fourth-order valence-corrected chi connectivity index (χ4v) is 4.09. The van der Waals surface area contributed by atoms with E-state index in [1.54, 1.807) is 24.3 Å². The number of hydrogen-bond acceptors (Lipinski definition) is 5. The number of carbonyl (C=O) groups is 1. The van der Waals surface area contributed by atoms with Crippen LogP contribution in [-0.2, 0) is 4.79 Å². The number of thioether (sulfide) groups is 1. The molecule has 1 fully saturated rings. The quantitative estimate of drug-likeness (QED) is 0.382. The second kappa shape index (κ2) is 10.0. The van der Waals surface area contributed by atoms with Crippen molar-refractivity contribution in [1.82, 2.24) is 5.32 Å². The van der Waals surface area contributed by atoms with Crippen molar-refractivity contribution in [1.29, 1.82) is 0 Å². The zero-order chi connectivity index (χ0) is 20.8. The summed E-state index contributed by atoms with van der Waals surface area (Å²) in [5, 5.41) is 3.76. The summed E-state index contributed by atoms with van der Waals surface area (Å²) in [6.45, 7) is 6.40. The van der Waals surface area contributed by atoms with Crippen LogP contribution < -0.4 is 14.8 Å². The van der Waals surface area contributed by atoms with Crippen LogP contribution in [0.15, 0.2) is 63.4 Å². The maximum atomic E-state index is 12.4. The average molecular weight is 494 g/mol. The van der Waals surface area contributed by atoms with Crippen molar-refractivity contribution >= 4 is 62.1 Å². The third kappa shape index (κ3) is 5.44. The minimum absolute atomic E-state index is 0.220. The predicted octanol–water partition coefficient (Wildman–Crippen LogP) is 5.96. The SMILES string of the molecule is C=CCOc1c(Br)cc(C=C2SC(=Nc3ccccc3Cl)NC2=O)cc1OCC. The molecule has 1 saturated heterocycles. The molecule has 1 heterocycles. The number of rotatable bonds is 7. The van der Waals surface area contributed by atoms with Crippen LogP contribution in [0.1, 0.15) is 12.5 Å². The molecule has 8 heteroatoms. The van der Waals surface area contributed by atoms with Gasteiger partial charge in [0.1, 0.15) is 6.61 Å². The minimum Gasteiger partial charge on any atom is -0.490 e. The number of carbonyl (C=O) groups excluding carboxylic acids is 1. The van der Waals surface area contributed by atoms with Crippen molar-refractivity contribution < 1.29 is 14.3 Å². The van der Waals surface area contributed by atoms with Gasteiger partial charge in [0.25, 0.3) is 5.91 Å². The molecule has 2 aromatic carbocycles. The Morgan fingerprint density at radius 2 is 2.10 bits per heavy atom. The van der Waals surface area contributed by atoms with Gasteiger partial charge in [-0.1, -0.05) is 36.4 Å². The molecule has 0 aliphatic carbocycles. The normalized spacial score (nSPS) is 16.2. The van der Waals surface area contributed by atoms with E-state index >= 15 is 0 Å². The van der Waals surface area contributed by atoms with Gasteiger partial charge in [0.05, 0.1) is 26.7 Å². The third-order valence-corrected chi connectivity index (χ3v) is 5.52. The van der Waals surface area contributed by atoms with Gasteiger partial charge in [0, 0.05) is 0 Å². The van der Waals surface area contributed by atoms with E-state index in [-0.39, 0.29) is 5.91 Å². The van der Waals surface area contributed by atoms with Crippen molar-refractivity contribution in [3.63, 3.8) is 0 Å². The first-order valence-corrected chi connectivity index (χ1v) is 10.7. The Bertz CT molecular complexity index is 1010. The molecule has 0 atom stereocenters. The van der Waals surface area contributed by atoms with Crippen LogP contribution in [0.5, 0.6) is 11.5 Å². The first-order chi connectivity index (χ1) is 14.0. The molecule has 5 nitrogen and oxygen atoms in total. The first kappa shape index (κ1) is 21.5. The van der Waals surface area contributed by atoms with Crippen LogP contribution in [0.25, 0.3) is 6.08 Å². The molecule has 1 aliphatic rings. The van der Waals surface area contributed by atoms with E-state index in [0.717, 1.165) is 10.0 Å². The van der Waals surface area contributed by atoms with E-state index < -0.39 is 0 Å². The highest BCUT2D eigenvalue weighted by molar-refractivity contribution is 9.10. The van der Waals surface area contributed by atoms with E-state index in [0.29, 0.717) is 45.5 Å². The second-order valence-electron chi connectivity index (χ2n) is 5.80. The van der Waals surface area contributed by atoms with Gasteiger partial charge < -0.3 is 14.8 Å². The summed E-state index contributed by atoms with van der Waals surface area (Å²) in [4.78, 5) is 17.3. The highest BCUT2D eigenvalue weighted by Crippen LogP contribution is 2.38. The highest BCUT2D eigenvalue weighted by Gasteiger charge is 2.24. The largest absolute Gasteiger partial charge is 0.490 e. The summed E-state index contributed by atoms with van der Waals surface area (Å²) in [6, 6.07) is 10.9. The highest BCUT2D eigenvalue weighted by atomic mass is 79.9. The number of aliphatic imine (C=N–C) groups is 1. The summed E-state index contributed by atoms with van der Waals surface area (Å²) in [5.74, 6) is 0.962. The zero-order valence-electron chi connectivity index (χ0n) is 15.6. The number of para-hydroxylation sites is 1. The lowest BCUT2D eigenvalue weighted by Crippen LogP contribution is -2.19. The Labute approximate surface area is 187 Å². The lowest BCUT2D eigenvalue weighted by Gasteiger charge is -2.13. The van der Waals surface area contributed by atoms with Gasteiger partial charge in [-0.15, -0.1) is 0 Å². The number of nitrogens with zero attached hydrogens (tertiary/aromatic N) is 1. The Balaban J connectivity index is 1.88. The van der Waals surface area contributed by atoms with E-state index in [9.17, 15) is 4.79 Å². The van der Waals surface area contributed by atoms with Crippen LogP contribution in [0, 0.1) is 0 Å². The molecule has 1 N–H and O–H groups in total. The van der Waals surface area contributed by atoms with E-state index in [2.05, 4.69) is 32.8 Å². The van der Waals surface area contributed by atoms with Gasteiger partial charge in [0.2, 0.25) is 0 Å². The molecule has 1 amide bonds. The molecule has 0 unspecified atom stereocenters. The van der Waals surface area contributed by atoms with Gasteiger partial charge >= 0.3 is 0 Å². The summed E-state index contributed by atoms with van der Waals surface area (Å²) in [7, 11) is 0.